The third-order valence-corrected chi connectivity index (χ3v) is 6.25. The zero-order valence-electron chi connectivity index (χ0n) is 15.6. The van der Waals surface area contributed by atoms with Gasteiger partial charge in [-0.25, -0.2) is 13.2 Å². The predicted molar refractivity (Wildman–Crippen MR) is 102 cm³/mol. The van der Waals surface area contributed by atoms with Crippen LogP contribution in [0.3, 0.4) is 0 Å². The van der Waals surface area contributed by atoms with E-state index >= 15 is 0 Å². The summed E-state index contributed by atoms with van der Waals surface area (Å²) in [6.07, 6.45) is 0. The summed E-state index contributed by atoms with van der Waals surface area (Å²) in [5.74, 6) is -2.06. The number of hydrogen-bond acceptors (Lipinski definition) is 9. The van der Waals surface area contributed by atoms with Gasteiger partial charge in [-0.1, -0.05) is 19.9 Å². The Morgan fingerprint density at radius 3 is 2.76 bits per heavy atom. The van der Waals surface area contributed by atoms with Crippen LogP contribution in [-0.2, 0) is 24.3 Å². The number of carbonyl (C=O) groups is 3. The molecule has 3 amide bonds. The number of imide groups is 1. The number of rotatable bonds is 7. The summed E-state index contributed by atoms with van der Waals surface area (Å²) >= 11 is 0.880. The molecule has 1 aromatic heterocycles. The van der Waals surface area contributed by atoms with Crippen molar-refractivity contribution >= 4 is 50.7 Å². The molecule has 3 rings (SSSR count). The van der Waals surface area contributed by atoms with Crippen LogP contribution in [0, 0.1) is 5.92 Å². The molecule has 11 nitrogen and oxygen atoms in total. The lowest BCUT2D eigenvalue weighted by atomic mass is 10.1. The maximum absolute atomic E-state index is 12.8. The summed E-state index contributed by atoms with van der Waals surface area (Å²) in [7, 11) is -4.12. The van der Waals surface area contributed by atoms with Gasteiger partial charge in [0.2, 0.25) is 10.0 Å². The number of carbonyl (C=O) groups excluding carboxylic acids is 3. The Morgan fingerprint density at radius 2 is 2.10 bits per heavy atom. The molecule has 1 aliphatic heterocycles. The van der Waals surface area contributed by atoms with Crippen LogP contribution in [0.2, 0.25) is 0 Å². The van der Waals surface area contributed by atoms with E-state index in [-0.39, 0.29) is 17.0 Å². The maximum atomic E-state index is 12.8. The highest BCUT2D eigenvalue weighted by molar-refractivity contribution is 7.89. The van der Waals surface area contributed by atoms with E-state index in [1.54, 1.807) is 19.9 Å². The number of benzene rings is 1. The molecular formula is C16H19N5O6S2. The lowest BCUT2D eigenvalue weighted by Gasteiger charge is -2.21. The van der Waals surface area contributed by atoms with Crippen LogP contribution in [0.1, 0.15) is 13.8 Å². The minimum atomic E-state index is -4.12. The van der Waals surface area contributed by atoms with Gasteiger partial charge >= 0.3 is 12.0 Å². The molecule has 0 radical (unpaired) electrons. The van der Waals surface area contributed by atoms with Crippen LogP contribution in [0.4, 0.5) is 4.79 Å². The van der Waals surface area contributed by atoms with Crippen molar-refractivity contribution in [3.63, 3.8) is 0 Å². The fourth-order valence-electron chi connectivity index (χ4n) is 2.70. The van der Waals surface area contributed by atoms with E-state index in [9.17, 15) is 22.8 Å². The summed E-state index contributed by atoms with van der Waals surface area (Å²) in [6.45, 7) is 3.11. The molecule has 0 bridgehead atoms. The van der Waals surface area contributed by atoms with Crippen LogP contribution in [0.15, 0.2) is 23.1 Å². The highest BCUT2D eigenvalue weighted by Crippen LogP contribution is 2.22. The molecule has 29 heavy (non-hydrogen) atoms. The number of esters is 1. The Kier molecular flexibility index (Phi) is 6.10. The molecule has 13 heteroatoms. The Labute approximate surface area is 170 Å². The fraction of sp³-hybridized carbons (Fsp3) is 0.438. The molecule has 0 saturated carbocycles. The average molecular weight is 441 g/mol. The largest absolute Gasteiger partial charge is 0.454 e. The molecule has 0 aliphatic carbocycles. The topological polar surface area (TPSA) is 148 Å². The smallest absolute Gasteiger partial charge is 0.324 e. The SMILES string of the molecule is CC(C)[C@@H](NS(=O)(=O)c1cccc2nsnc12)C(=O)OCC(=O)N1CCNC1=O. The standard InChI is InChI=1S/C16H19N5O6S2/c1-9(2)13(15(23)27-8-12(22)21-7-6-17-16(21)24)20-29(25,26)11-5-3-4-10-14(11)19-28-18-10/h3-5,9,13,20H,6-8H2,1-2H3,(H,17,24)/t13-/m1/s1. The van der Waals surface area contributed by atoms with Gasteiger partial charge in [0.1, 0.15) is 22.0 Å². The van der Waals surface area contributed by atoms with E-state index in [4.69, 9.17) is 4.74 Å². The van der Waals surface area contributed by atoms with Crippen molar-refractivity contribution in [2.24, 2.45) is 5.92 Å². The van der Waals surface area contributed by atoms with Gasteiger partial charge in [0.15, 0.2) is 6.61 Å². The second-order valence-electron chi connectivity index (χ2n) is 6.62. The molecule has 156 valence electrons. The summed E-state index contributed by atoms with van der Waals surface area (Å²) in [4.78, 5) is 36.8. The fourth-order valence-corrected chi connectivity index (χ4v) is 4.79. The van der Waals surface area contributed by atoms with Gasteiger partial charge in [0, 0.05) is 13.1 Å². The molecule has 0 spiro atoms. The third-order valence-electron chi connectivity index (χ3n) is 4.24. The summed E-state index contributed by atoms with van der Waals surface area (Å²) in [5.41, 5.74) is 0.632. The number of nitrogens with one attached hydrogen (secondary N) is 2. The molecule has 1 atom stereocenters. The van der Waals surface area contributed by atoms with Gasteiger partial charge in [0.05, 0.1) is 11.7 Å². The van der Waals surface area contributed by atoms with Gasteiger partial charge in [-0.3, -0.25) is 14.5 Å². The molecule has 1 fully saturated rings. The van der Waals surface area contributed by atoms with E-state index in [0.29, 0.717) is 12.1 Å². The quantitative estimate of drug-likeness (QED) is 0.575. The average Bonchev–Trinajstić information content (AvgIpc) is 3.32. The van der Waals surface area contributed by atoms with Crippen molar-refractivity contribution < 1.29 is 27.5 Å². The summed E-state index contributed by atoms with van der Waals surface area (Å²) < 4.78 is 41.0. The highest BCUT2D eigenvalue weighted by Gasteiger charge is 2.33. The number of hydrogen-bond donors (Lipinski definition) is 2. The lowest BCUT2D eigenvalue weighted by Crippen LogP contribution is -2.46. The zero-order valence-corrected chi connectivity index (χ0v) is 17.2. The third kappa shape index (κ3) is 4.52. The second kappa shape index (κ2) is 8.39. The van der Waals surface area contributed by atoms with Crippen LogP contribution in [0.25, 0.3) is 11.0 Å². The predicted octanol–water partition coefficient (Wildman–Crippen LogP) is 0.0892. The molecular weight excluding hydrogens is 422 g/mol. The number of amides is 3. The van der Waals surface area contributed by atoms with Crippen LogP contribution < -0.4 is 10.0 Å². The number of sulfonamides is 1. The number of aromatic nitrogens is 2. The number of fused-ring (bicyclic) bond motifs is 1. The van der Waals surface area contributed by atoms with E-state index in [1.807, 2.05) is 0 Å². The van der Waals surface area contributed by atoms with Crippen molar-refractivity contribution in [1.82, 2.24) is 23.7 Å². The summed E-state index contributed by atoms with van der Waals surface area (Å²) in [6, 6.07) is 2.73. The first-order valence-electron chi connectivity index (χ1n) is 8.69. The first-order valence-corrected chi connectivity index (χ1v) is 10.9. The van der Waals surface area contributed by atoms with Gasteiger partial charge in [-0.05, 0) is 18.1 Å². The van der Waals surface area contributed by atoms with E-state index in [0.717, 1.165) is 16.6 Å². The van der Waals surface area contributed by atoms with Crippen LogP contribution >= 0.6 is 11.7 Å². The Morgan fingerprint density at radius 1 is 1.34 bits per heavy atom. The highest BCUT2D eigenvalue weighted by atomic mass is 32.2. The zero-order chi connectivity index (χ0) is 21.2. The number of urea groups is 1. The van der Waals surface area contributed by atoms with Gasteiger partial charge in [0.25, 0.3) is 5.91 Å². The summed E-state index contributed by atoms with van der Waals surface area (Å²) in [5, 5.41) is 2.46. The van der Waals surface area contributed by atoms with Crippen LogP contribution in [0.5, 0.6) is 0 Å². The monoisotopic (exact) mass is 441 g/mol. The van der Waals surface area contributed by atoms with Gasteiger partial charge in [-0.2, -0.15) is 13.5 Å². The molecule has 2 N–H and O–H groups in total. The molecule has 0 unspecified atom stereocenters. The van der Waals surface area contributed by atoms with Crippen LogP contribution in [-0.4, -0.2) is 65.7 Å². The maximum Gasteiger partial charge on any atom is 0.324 e. The molecule has 2 heterocycles. The minimum absolute atomic E-state index is 0.105. The number of ether oxygens (including phenoxy) is 1. The van der Waals surface area contributed by atoms with E-state index < -0.39 is 46.5 Å². The Bertz CT molecular complexity index is 1050. The first-order chi connectivity index (χ1) is 13.7. The second-order valence-corrected chi connectivity index (χ2v) is 8.83. The van der Waals surface area contributed by atoms with Crippen molar-refractivity contribution in [3.8, 4) is 0 Å². The Hall–Kier alpha value is -2.64. The molecule has 1 saturated heterocycles. The van der Waals surface area contributed by atoms with Crippen molar-refractivity contribution in [1.29, 1.82) is 0 Å². The first kappa shape index (κ1) is 21.1. The van der Waals surface area contributed by atoms with Crippen molar-refractivity contribution in [2.45, 2.75) is 24.8 Å². The van der Waals surface area contributed by atoms with Crippen molar-refractivity contribution in [3.05, 3.63) is 18.2 Å². The molecule has 1 aliphatic rings. The van der Waals surface area contributed by atoms with Gasteiger partial charge in [-0.15, -0.1) is 0 Å². The Balaban J connectivity index is 1.72. The van der Waals surface area contributed by atoms with E-state index in [2.05, 4.69) is 18.8 Å². The van der Waals surface area contributed by atoms with E-state index in [1.165, 1.54) is 12.1 Å². The number of nitrogens with zero attached hydrogens (tertiary/aromatic N) is 3. The van der Waals surface area contributed by atoms with Crippen molar-refractivity contribution in [2.75, 3.05) is 19.7 Å². The normalized spacial score (nSPS) is 15.6. The van der Waals surface area contributed by atoms with Gasteiger partial charge < -0.3 is 10.1 Å². The minimum Gasteiger partial charge on any atom is -0.454 e. The lowest BCUT2D eigenvalue weighted by molar-refractivity contribution is -0.153. The molecule has 2 aromatic rings. The molecule has 1 aromatic carbocycles.